The average molecular weight is 428 g/mol. The Bertz CT molecular complexity index is 1100. The number of nitrogens with one attached hydrogen (secondary N) is 1. The summed E-state index contributed by atoms with van der Waals surface area (Å²) in [6.45, 7) is 12.9. The van der Waals surface area contributed by atoms with Gasteiger partial charge >= 0.3 is 0 Å². The van der Waals surface area contributed by atoms with E-state index in [1.165, 1.54) is 34.2 Å². The average Bonchev–Trinajstić information content (AvgIpc) is 3.38. The first-order valence-corrected chi connectivity index (χ1v) is 11.7. The summed E-state index contributed by atoms with van der Waals surface area (Å²) in [7, 11) is 0. The normalized spacial score (nSPS) is 18.2. The molecule has 3 aromatic rings. The van der Waals surface area contributed by atoms with Crippen molar-refractivity contribution in [1.29, 1.82) is 0 Å². The van der Waals surface area contributed by atoms with Gasteiger partial charge in [-0.05, 0) is 57.2 Å². The minimum atomic E-state index is 0.518. The van der Waals surface area contributed by atoms with Crippen molar-refractivity contribution in [3.05, 3.63) is 76.0 Å². The maximum atomic E-state index is 5.03. The molecule has 3 heterocycles. The lowest BCUT2D eigenvalue weighted by molar-refractivity contribution is 0.325. The van der Waals surface area contributed by atoms with Gasteiger partial charge in [0.1, 0.15) is 5.82 Å². The van der Waals surface area contributed by atoms with E-state index < -0.39 is 0 Å². The quantitative estimate of drug-likeness (QED) is 0.614. The van der Waals surface area contributed by atoms with Crippen molar-refractivity contribution >= 4 is 17.5 Å². The van der Waals surface area contributed by atoms with E-state index in [4.69, 9.17) is 9.97 Å². The molecule has 0 aliphatic carbocycles. The van der Waals surface area contributed by atoms with Crippen LogP contribution in [0.2, 0.25) is 0 Å². The standard InChI is InChI=1S/C27H33N5/c1-18-14-19(2)25(20(3)15-18)29-27-28-21(4)24-11-13-32(26(24)30-27)23-10-12-31(17-23)16-22-8-6-5-7-9-22/h5-9,14-15,23H,10-13,16-17H2,1-4H3,(H,28,29,30). The molecule has 1 unspecified atom stereocenters. The molecule has 0 amide bonds. The lowest BCUT2D eigenvalue weighted by atomic mass is 10.1. The van der Waals surface area contributed by atoms with Crippen LogP contribution in [0.25, 0.3) is 0 Å². The number of hydrogen-bond donors (Lipinski definition) is 1. The fraction of sp³-hybridized carbons (Fsp3) is 0.407. The molecule has 166 valence electrons. The van der Waals surface area contributed by atoms with Crippen LogP contribution in [0, 0.1) is 27.7 Å². The Morgan fingerprint density at radius 2 is 1.72 bits per heavy atom. The molecule has 0 bridgehead atoms. The van der Waals surface area contributed by atoms with Gasteiger partial charge in [-0.1, -0.05) is 48.0 Å². The smallest absolute Gasteiger partial charge is 0.229 e. The summed E-state index contributed by atoms with van der Waals surface area (Å²) in [4.78, 5) is 15.0. The van der Waals surface area contributed by atoms with Crippen molar-refractivity contribution in [2.24, 2.45) is 0 Å². The molecule has 5 heteroatoms. The van der Waals surface area contributed by atoms with E-state index >= 15 is 0 Å². The van der Waals surface area contributed by atoms with Crippen molar-refractivity contribution in [2.45, 2.75) is 53.1 Å². The second-order valence-corrected chi connectivity index (χ2v) is 9.44. The van der Waals surface area contributed by atoms with Gasteiger partial charge in [0, 0.05) is 49.2 Å². The molecule has 0 radical (unpaired) electrons. The van der Waals surface area contributed by atoms with Crippen molar-refractivity contribution in [1.82, 2.24) is 14.9 Å². The zero-order valence-corrected chi connectivity index (χ0v) is 19.7. The first kappa shape index (κ1) is 21.0. The number of aromatic nitrogens is 2. The fourth-order valence-corrected chi connectivity index (χ4v) is 5.40. The first-order chi connectivity index (χ1) is 15.5. The van der Waals surface area contributed by atoms with Crippen LogP contribution in [0.3, 0.4) is 0 Å². The second-order valence-electron chi connectivity index (χ2n) is 9.44. The van der Waals surface area contributed by atoms with Crippen LogP contribution in [-0.2, 0) is 13.0 Å². The van der Waals surface area contributed by atoms with E-state index in [0.29, 0.717) is 12.0 Å². The van der Waals surface area contributed by atoms with Crippen LogP contribution in [0.1, 0.15) is 39.9 Å². The van der Waals surface area contributed by atoms with Gasteiger partial charge in [0.2, 0.25) is 5.95 Å². The number of hydrogen-bond acceptors (Lipinski definition) is 5. The van der Waals surface area contributed by atoms with E-state index in [1.54, 1.807) is 0 Å². The fourth-order valence-electron chi connectivity index (χ4n) is 5.40. The molecule has 2 aromatic carbocycles. The molecule has 5 rings (SSSR count). The van der Waals surface area contributed by atoms with Gasteiger partial charge in [-0.3, -0.25) is 4.90 Å². The zero-order chi connectivity index (χ0) is 22.2. The third-order valence-electron chi connectivity index (χ3n) is 6.92. The molecule has 1 N–H and O–H groups in total. The molecule has 5 nitrogen and oxygen atoms in total. The summed E-state index contributed by atoms with van der Waals surface area (Å²) in [5.74, 6) is 1.84. The Balaban J connectivity index is 1.35. The Morgan fingerprint density at radius 1 is 0.969 bits per heavy atom. The number of nitrogens with zero attached hydrogens (tertiary/aromatic N) is 4. The predicted octanol–water partition coefficient (Wildman–Crippen LogP) is 5.09. The number of rotatable bonds is 5. The Labute approximate surface area is 191 Å². The number of fused-ring (bicyclic) bond motifs is 1. The highest BCUT2D eigenvalue weighted by molar-refractivity contribution is 5.66. The van der Waals surface area contributed by atoms with E-state index in [2.05, 4.69) is 85.3 Å². The topological polar surface area (TPSA) is 44.3 Å². The Kier molecular flexibility index (Phi) is 5.60. The van der Waals surface area contributed by atoms with Crippen molar-refractivity contribution in [2.75, 3.05) is 29.9 Å². The number of anilines is 3. The minimum absolute atomic E-state index is 0.518. The molecule has 2 aliphatic heterocycles. The number of aryl methyl sites for hydroxylation is 4. The SMILES string of the molecule is Cc1cc(C)c(Nc2nc(C)c3c(n2)N(C2CCN(Cc4ccccc4)C2)CC3)c(C)c1. The van der Waals surface area contributed by atoms with Gasteiger partial charge in [0.05, 0.1) is 0 Å². The van der Waals surface area contributed by atoms with E-state index in [0.717, 1.165) is 49.8 Å². The highest BCUT2D eigenvalue weighted by Crippen LogP contribution is 2.34. The highest BCUT2D eigenvalue weighted by atomic mass is 15.3. The van der Waals surface area contributed by atoms with Crippen LogP contribution in [0.5, 0.6) is 0 Å². The van der Waals surface area contributed by atoms with Crippen molar-refractivity contribution < 1.29 is 0 Å². The summed E-state index contributed by atoms with van der Waals surface area (Å²) in [6, 6.07) is 15.7. The van der Waals surface area contributed by atoms with Gasteiger partial charge < -0.3 is 10.2 Å². The number of benzene rings is 2. The summed E-state index contributed by atoms with van der Waals surface area (Å²) in [5, 5.41) is 3.53. The molecule has 1 aromatic heterocycles. The van der Waals surface area contributed by atoms with E-state index in [-0.39, 0.29) is 0 Å². The summed E-state index contributed by atoms with van der Waals surface area (Å²) >= 11 is 0. The minimum Gasteiger partial charge on any atom is -0.352 e. The van der Waals surface area contributed by atoms with Crippen LogP contribution < -0.4 is 10.2 Å². The molecule has 0 saturated carbocycles. The molecular formula is C27H33N5. The molecule has 1 saturated heterocycles. The third kappa shape index (κ3) is 4.09. The maximum Gasteiger partial charge on any atom is 0.229 e. The molecular weight excluding hydrogens is 394 g/mol. The first-order valence-electron chi connectivity index (χ1n) is 11.7. The molecule has 0 spiro atoms. The van der Waals surface area contributed by atoms with Gasteiger partial charge in [-0.15, -0.1) is 0 Å². The van der Waals surface area contributed by atoms with E-state index in [9.17, 15) is 0 Å². The lowest BCUT2D eigenvalue weighted by Crippen LogP contribution is -2.36. The molecule has 32 heavy (non-hydrogen) atoms. The van der Waals surface area contributed by atoms with Gasteiger partial charge in [-0.25, -0.2) is 4.98 Å². The second kappa shape index (κ2) is 8.55. The van der Waals surface area contributed by atoms with Crippen LogP contribution in [0.15, 0.2) is 42.5 Å². The summed E-state index contributed by atoms with van der Waals surface area (Å²) in [5.41, 5.74) is 8.67. The monoisotopic (exact) mass is 427 g/mol. The summed E-state index contributed by atoms with van der Waals surface area (Å²) < 4.78 is 0. The Hall–Kier alpha value is -2.92. The van der Waals surface area contributed by atoms with Crippen LogP contribution in [0.4, 0.5) is 17.5 Å². The van der Waals surface area contributed by atoms with Gasteiger partial charge in [0.15, 0.2) is 0 Å². The predicted molar refractivity (Wildman–Crippen MR) is 132 cm³/mol. The Morgan fingerprint density at radius 3 is 2.47 bits per heavy atom. The molecule has 1 atom stereocenters. The largest absolute Gasteiger partial charge is 0.352 e. The molecule has 1 fully saturated rings. The van der Waals surface area contributed by atoms with Crippen LogP contribution in [-0.4, -0.2) is 40.5 Å². The number of likely N-dealkylation sites (tertiary alicyclic amines) is 1. The third-order valence-corrected chi connectivity index (χ3v) is 6.92. The summed E-state index contributed by atoms with van der Waals surface area (Å²) in [6.07, 6.45) is 2.23. The van der Waals surface area contributed by atoms with Gasteiger partial charge in [-0.2, -0.15) is 4.98 Å². The maximum absolute atomic E-state index is 5.03. The van der Waals surface area contributed by atoms with Crippen molar-refractivity contribution in [3.63, 3.8) is 0 Å². The highest BCUT2D eigenvalue weighted by Gasteiger charge is 2.34. The van der Waals surface area contributed by atoms with Gasteiger partial charge in [0.25, 0.3) is 0 Å². The zero-order valence-electron chi connectivity index (χ0n) is 19.7. The van der Waals surface area contributed by atoms with Crippen molar-refractivity contribution in [3.8, 4) is 0 Å². The lowest BCUT2D eigenvalue weighted by Gasteiger charge is -2.27. The van der Waals surface area contributed by atoms with E-state index in [1.807, 2.05) is 0 Å². The molecule has 2 aliphatic rings. The van der Waals surface area contributed by atoms with Crippen LogP contribution >= 0.6 is 0 Å².